The van der Waals surface area contributed by atoms with Gasteiger partial charge in [0.15, 0.2) is 0 Å². The Bertz CT molecular complexity index is 744. The van der Waals surface area contributed by atoms with Crippen LogP contribution in [0.2, 0.25) is 0 Å². The van der Waals surface area contributed by atoms with Crippen molar-refractivity contribution in [3.05, 3.63) is 59.8 Å². The smallest absolute Gasteiger partial charge is 0.142 e. The first-order valence-electron chi connectivity index (χ1n) is 7.60. The van der Waals surface area contributed by atoms with Crippen molar-refractivity contribution in [2.75, 3.05) is 24.5 Å². The molecular weight excluding hydrogens is 286 g/mol. The van der Waals surface area contributed by atoms with Crippen molar-refractivity contribution in [2.24, 2.45) is 0 Å². The van der Waals surface area contributed by atoms with Gasteiger partial charge < -0.3 is 4.90 Å². The number of hydrogen-bond donors (Lipinski definition) is 0. The molecule has 1 aromatic carbocycles. The van der Waals surface area contributed by atoms with Gasteiger partial charge in [0.1, 0.15) is 23.6 Å². The van der Waals surface area contributed by atoms with Crippen LogP contribution in [0, 0.1) is 22.7 Å². The minimum atomic E-state index is -0.184. The van der Waals surface area contributed by atoms with E-state index in [-0.39, 0.29) is 6.04 Å². The van der Waals surface area contributed by atoms with E-state index < -0.39 is 0 Å². The van der Waals surface area contributed by atoms with Crippen LogP contribution in [0.5, 0.6) is 0 Å². The molecule has 2 heterocycles. The van der Waals surface area contributed by atoms with Gasteiger partial charge in [0.05, 0.1) is 6.07 Å². The van der Waals surface area contributed by atoms with E-state index in [1.54, 1.807) is 6.07 Å². The van der Waals surface area contributed by atoms with Crippen LogP contribution in [0.25, 0.3) is 0 Å². The van der Waals surface area contributed by atoms with Crippen LogP contribution in [0.4, 0.5) is 5.82 Å². The molecule has 0 radical (unpaired) electrons. The lowest BCUT2D eigenvalue weighted by Crippen LogP contribution is -2.52. The molecule has 1 atom stereocenters. The largest absolute Gasteiger partial charge is 0.353 e. The van der Waals surface area contributed by atoms with E-state index in [9.17, 15) is 5.26 Å². The SMILES string of the molecule is N#Cc1cccc(N2CCN(Cc3ccccc3)C(C#N)C2)n1. The summed E-state index contributed by atoms with van der Waals surface area (Å²) in [6.07, 6.45) is 0. The summed E-state index contributed by atoms with van der Waals surface area (Å²) in [5.41, 5.74) is 1.62. The van der Waals surface area contributed by atoms with Crippen LogP contribution in [-0.4, -0.2) is 35.6 Å². The minimum absolute atomic E-state index is 0.184. The minimum Gasteiger partial charge on any atom is -0.353 e. The third kappa shape index (κ3) is 3.48. The van der Waals surface area contributed by atoms with Crippen LogP contribution in [0.1, 0.15) is 11.3 Å². The number of benzene rings is 1. The monoisotopic (exact) mass is 303 g/mol. The number of aromatic nitrogens is 1. The maximum Gasteiger partial charge on any atom is 0.142 e. The normalized spacial score (nSPS) is 18.2. The molecule has 1 aromatic heterocycles. The van der Waals surface area contributed by atoms with Gasteiger partial charge in [0.25, 0.3) is 0 Å². The third-order valence-corrected chi connectivity index (χ3v) is 4.04. The Morgan fingerprint density at radius 3 is 2.61 bits per heavy atom. The fourth-order valence-electron chi connectivity index (χ4n) is 2.82. The first-order valence-corrected chi connectivity index (χ1v) is 7.60. The molecule has 0 N–H and O–H groups in total. The summed E-state index contributed by atoms with van der Waals surface area (Å²) in [5.74, 6) is 0.767. The van der Waals surface area contributed by atoms with E-state index in [4.69, 9.17) is 5.26 Å². The van der Waals surface area contributed by atoms with E-state index in [1.165, 1.54) is 5.56 Å². The predicted octanol–water partition coefficient (Wildman–Crippen LogP) is 2.17. The fraction of sp³-hybridized carbons (Fsp3) is 0.278. The Kier molecular flexibility index (Phi) is 4.52. The van der Waals surface area contributed by atoms with Gasteiger partial charge in [-0.25, -0.2) is 4.98 Å². The van der Waals surface area contributed by atoms with E-state index in [0.717, 1.165) is 25.5 Å². The van der Waals surface area contributed by atoms with Crippen molar-refractivity contribution >= 4 is 5.82 Å². The Hall–Kier alpha value is -2.89. The zero-order valence-electron chi connectivity index (χ0n) is 12.8. The van der Waals surface area contributed by atoms with Crippen molar-refractivity contribution in [3.8, 4) is 12.1 Å². The highest BCUT2D eigenvalue weighted by Gasteiger charge is 2.27. The molecule has 0 saturated carbocycles. The fourth-order valence-corrected chi connectivity index (χ4v) is 2.82. The molecular formula is C18H17N5. The van der Waals surface area contributed by atoms with Gasteiger partial charge in [0.2, 0.25) is 0 Å². The molecule has 1 unspecified atom stereocenters. The van der Waals surface area contributed by atoms with Gasteiger partial charge in [-0.3, -0.25) is 4.90 Å². The van der Waals surface area contributed by atoms with Crippen molar-refractivity contribution < 1.29 is 0 Å². The Balaban J connectivity index is 1.71. The highest BCUT2D eigenvalue weighted by atomic mass is 15.3. The van der Waals surface area contributed by atoms with Crippen LogP contribution >= 0.6 is 0 Å². The second-order valence-corrected chi connectivity index (χ2v) is 5.54. The molecule has 0 bridgehead atoms. The van der Waals surface area contributed by atoms with Crippen LogP contribution in [0.3, 0.4) is 0 Å². The molecule has 1 saturated heterocycles. The van der Waals surface area contributed by atoms with Crippen molar-refractivity contribution in [1.29, 1.82) is 10.5 Å². The average molecular weight is 303 g/mol. The number of rotatable bonds is 3. The van der Waals surface area contributed by atoms with E-state index in [2.05, 4.69) is 39.1 Å². The lowest BCUT2D eigenvalue weighted by molar-refractivity contribution is 0.204. The number of pyridine rings is 1. The quantitative estimate of drug-likeness (QED) is 0.869. The van der Waals surface area contributed by atoms with E-state index in [0.29, 0.717) is 12.2 Å². The molecule has 3 rings (SSSR count). The topological polar surface area (TPSA) is 67.0 Å². The van der Waals surface area contributed by atoms with E-state index in [1.807, 2.05) is 30.3 Å². The first kappa shape index (κ1) is 15.0. The molecule has 0 amide bonds. The molecule has 0 spiro atoms. The predicted molar refractivity (Wildman–Crippen MR) is 87.4 cm³/mol. The molecule has 0 aliphatic carbocycles. The zero-order chi connectivity index (χ0) is 16.1. The molecule has 1 fully saturated rings. The lowest BCUT2D eigenvalue weighted by atomic mass is 10.1. The van der Waals surface area contributed by atoms with Gasteiger partial charge >= 0.3 is 0 Å². The average Bonchev–Trinajstić information content (AvgIpc) is 2.63. The maximum atomic E-state index is 9.51. The molecule has 1 aliphatic heterocycles. The second kappa shape index (κ2) is 6.91. The second-order valence-electron chi connectivity index (χ2n) is 5.54. The maximum absolute atomic E-state index is 9.51. The summed E-state index contributed by atoms with van der Waals surface area (Å²) >= 11 is 0. The Morgan fingerprint density at radius 2 is 1.87 bits per heavy atom. The number of hydrogen-bond acceptors (Lipinski definition) is 5. The number of piperazine rings is 1. The van der Waals surface area contributed by atoms with Crippen LogP contribution in [0.15, 0.2) is 48.5 Å². The first-order chi connectivity index (χ1) is 11.3. The molecule has 5 nitrogen and oxygen atoms in total. The van der Waals surface area contributed by atoms with E-state index >= 15 is 0 Å². The van der Waals surface area contributed by atoms with Gasteiger partial charge in [-0.1, -0.05) is 36.4 Å². The molecule has 1 aliphatic rings. The Labute approximate surface area is 136 Å². The number of nitrogens with zero attached hydrogens (tertiary/aromatic N) is 5. The highest BCUT2D eigenvalue weighted by molar-refractivity contribution is 5.43. The summed E-state index contributed by atoms with van der Waals surface area (Å²) < 4.78 is 0. The molecule has 5 heteroatoms. The summed E-state index contributed by atoms with van der Waals surface area (Å²) in [7, 11) is 0. The van der Waals surface area contributed by atoms with Gasteiger partial charge in [0, 0.05) is 26.2 Å². The summed E-state index contributed by atoms with van der Waals surface area (Å²) in [5, 5.41) is 18.5. The van der Waals surface area contributed by atoms with Gasteiger partial charge in [-0.2, -0.15) is 10.5 Å². The summed E-state index contributed by atoms with van der Waals surface area (Å²) in [6, 6.07) is 19.9. The lowest BCUT2D eigenvalue weighted by Gasteiger charge is -2.38. The van der Waals surface area contributed by atoms with Crippen molar-refractivity contribution in [3.63, 3.8) is 0 Å². The van der Waals surface area contributed by atoms with Crippen molar-refractivity contribution in [2.45, 2.75) is 12.6 Å². The Morgan fingerprint density at radius 1 is 1.04 bits per heavy atom. The highest BCUT2D eigenvalue weighted by Crippen LogP contribution is 2.19. The van der Waals surface area contributed by atoms with Gasteiger partial charge in [-0.15, -0.1) is 0 Å². The zero-order valence-corrected chi connectivity index (χ0v) is 12.8. The van der Waals surface area contributed by atoms with Crippen molar-refractivity contribution in [1.82, 2.24) is 9.88 Å². The molecule has 2 aromatic rings. The molecule has 23 heavy (non-hydrogen) atoms. The van der Waals surface area contributed by atoms with Gasteiger partial charge in [-0.05, 0) is 17.7 Å². The standard InChI is InChI=1S/C18H17N5/c19-11-16-7-4-8-18(21-16)23-10-9-22(17(12-20)14-23)13-15-5-2-1-3-6-15/h1-8,17H,9-10,13-14H2. The summed E-state index contributed by atoms with van der Waals surface area (Å²) in [4.78, 5) is 8.60. The van der Waals surface area contributed by atoms with Crippen LogP contribution < -0.4 is 4.90 Å². The molecule has 114 valence electrons. The third-order valence-electron chi connectivity index (χ3n) is 4.04. The summed E-state index contributed by atoms with van der Waals surface area (Å²) in [6.45, 7) is 2.97. The van der Waals surface area contributed by atoms with Crippen LogP contribution in [-0.2, 0) is 6.54 Å². The number of nitriles is 2. The number of anilines is 1.